The van der Waals surface area contributed by atoms with Gasteiger partial charge in [0.05, 0.1) is 0 Å². The number of rotatable bonds is 2. The number of ether oxygens (including phenoxy) is 1. The van der Waals surface area contributed by atoms with Gasteiger partial charge >= 0.3 is 6.09 Å². The minimum atomic E-state index is -0.414. The molecule has 0 atom stereocenters. The molecule has 1 spiro atoms. The summed E-state index contributed by atoms with van der Waals surface area (Å²) in [5.41, 5.74) is 1.19. The predicted molar refractivity (Wildman–Crippen MR) is 100 cm³/mol. The van der Waals surface area contributed by atoms with Crippen molar-refractivity contribution in [2.24, 2.45) is 5.41 Å². The predicted octanol–water partition coefficient (Wildman–Crippen LogP) is 5.04. The third-order valence-corrected chi connectivity index (χ3v) is 5.58. The zero-order valence-corrected chi connectivity index (χ0v) is 16.4. The summed E-state index contributed by atoms with van der Waals surface area (Å²) in [6, 6.07) is 8.91. The molecule has 0 unspecified atom stereocenters. The van der Waals surface area contributed by atoms with Crippen LogP contribution in [0.2, 0.25) is 0 Å². The Balaban J connectivity index is 1.45. The third kappa shape index (κ3) is 4.24. The van der Waals surface area contributed by atoms with E-state index in [9.17, 15) is 4.79 Å². The molecule has 3 rings (SSSR count). The maximum Gasteiger partial charge on any atom is 0.410 e. The van der Waals surface area contributed by atoms with E-state index in [1.54, 1.807) is 0 Å². The van der Waals surface area contributed by atoms with Crippen molar-refractivity contribution in [1.29, 1.82) is 0 Å². The molecule has 1 aromatic rings. The van der Waals surface area contributed by atoms with E-state index in [1.165, 1.54) is 18.5 Å². The molecule has 1 aliphatic carbocycles. The molecule has 1 heterocycles. The van der Waals surface area contributed by atoms with E-state index in [4.69, 9.17) is 4.74 Å². The largest absolute Gasteiger partial charge is 0.444 e. The molecular weight excluding hydrogens is 368 g/mol. The zero-order valence-electron chi connectivity index (χ0n) is 14.8. The van der Waals surface area contributed by atoms with Gasteiger partial charge in [0.25, 0.3) is 0 Å². The fraction of sp³-hybridized carbons (Fsp3) is 0.632. The van der Waals surface area contributed by atoms with Crippen LogP contribution in [-0.2, 0) is 4.74 Å². The first kappa shape index (κ1) is 17.6. The lowest BCUT2D eigenvalue weighted by molar-refractivity contribution is -0.00859. The van der Waals surface area contributed by atoms with Crippen LogP contribution in [0.1, 0.15) is 46.5 Å². The summed E-state index contributed by atoms with van der Waals surface area (Å²) < 4.78 is 6.58. The van der Waals surface area contributed by atoms with Gasteiger partial charge < -0.3 is 15.0 Å². The average Bonchev–Trinajstić information content (AvgIpc) is 2.47. The van der Waals surface area contributed by atoms with Crippen LogP contribution in [-0.4, -0.2) is 35.7 Å². The van der Waals surface area contributed by atoms with E-state index in [2.05, 4.69) is 45.5 Å². The maximum atomic E-state index is 12.2. The second kappa shape index (κ2) is 6.58. The van der Waals surface area contributed by atoms with Crippen molar-refractivity contribution in [3.63, 3.8) is 0 Å². The number of nitrogens with one attached hydrogen (secondary N) is 1. The van der Waals surface area contributed by atoms with Gasteiger partial charge in [-0.3, -0.25) is 0 Å². The quantitative estimate of drug-likeness (QED) is 0.763. The molecule has 2 fully saturated rings. The van der Waals surface area contributed by atoms with Gasteiger partial charge in [0.15, 0.2) is 0 Å². The second-order valence-corrected chi connectivity index (χ2v) is 9.14. The number of hydrogen-bond acceptors (Lipinski definition) is 3. The number of carbonyl (C=O) groups excluding carboxylic acids is 1. The maximum absolute atomic E-state index is 12.2. The van der Waals surface area contributed by atoms with Crippen LogP contribution in [0.4, 0.5) is 10.5 Å². The standard InChI is InChI=1S/C19H27BrN2O2/c1-18(2,3)24-17(23)22-10-8-19(9-11-22)12-16(13-19)21-15-6-4-14(20)5-7-15/h4-7,16,21H,8-13H2,1-3H3. The van der Waals surface area contributed by atoms with Gasteiger partial charge in [0.2, 0.25) is 0 Å². The molecule has 5 heteroatoms. The van der Waals surface area contributed by atoms with E-state index >= 15 is 0 Å². The lowest BCUT2D eigenvalue weighted by Gasteiger charge is -2.52. The molecule has 0 bridgehead atoms. The Morgan fingerprint density at radius 2 is 1.79 bits per heavy atom. The second-order valence-electron chi connectivity index (χ2n) is 8.22. The molecule has 1 aromatic carbocycles. The molecule has 1 saturated heterocycles. The molecule has 1 amide bonds. The summed E-state index contributed by atoms with van der Waals surface area (Å²) in [6.07, 6.45) is 4.41. The van der Waals surface area contributed by atoms with Crippen LogP contribution in [0.15, 0.2) is 28.7 Å². The van der Waals surface area contributed by atoms with Crippen molar-refractivity contribution >= 4 is 27.7 Å². The number of amides is 1. The first-order chi connectivity index (χ1) is 11.2. The Bertz CT molecular complexity index is 578. The van der Waals surface area contributed by atoms with Crippen LogP contribution in [0.3, 0.4) is 0 Å². The van der Waals surface area contributed by atoms with Crippen molar-refractivity contribution in [1.82, 2.24) is 4.90 Å². The van der Waals surface area contributed by atoms with Crippen LogP contribution in [0.25, 0.3) is 0 Å². The van der Waals surface area contributed by atoms with Crippen LogP contribution in [0.5, 0.6) is 0 Å². The number of carbonyl (C=O) groups is 1. The normalized spacial score (nSPS) is 20.6. The Morgan fingerprint density at radius 3 is 2.33 bits per heavy atom. The summed E-state index contributed by atoms with van der Waals surface area (Å²) >= 11 is 3.47. The molecule has 1 aliphatic heterocycles. The fourth-order valence-corrected chi connectivity index (χ4v) is 4.03. The monoisotopic (exact) mass is 394 g/mol. The number of piperidine rings is 1. The van der Waals surface area contributed by atoms with E-state index in [0.29, 0.717) is 11.5 Å². The molecular formula is C19H27BrN2O2. The molecule has 24 heavy (non-hydrogen) atoms. The van der Waals surface area contributed by atoms with Crippen molar-refractivity contribution in [3.8, 4) is 0 Å². The SMILES string of the molecule is CC(C)(C)OC(=O)N1CCC2(CC1)CC(Nc1ccc(Br)cc1)C2. The molecule has 132 valence electrons. The molecule has 0 aromatic heterocycles. The summed E-state index contributed by atoms with van der Waals surface area (Å²) in [7, 11) is 0. The zero-order chi connectivity index (χ0) is 17.4. The summed E-state index contributed by atoms with van der Waals surface area (Å²) in [5.74, 6) is 0. The highest BCUT2D eigenvalue weighted by atomic mass is 79.9. The highest BCUT2D eigenvalue weighted by Gasteiger charge is 2.46. The number of nitrogens with zero attached hydrogens (tertiary/aromatic N) is 1. The van der Waals surface area contributed by atoms with E-state index in [1.807, 2.05) is 25.7 Å². The average molecular weight is 395 g/mol. The molecule has 0 radical (unpaired) electrons. The van der Waals surface area contributed by atoms with Gasteiger partial charge in [-0.1, -0.05) is 15.9 Å². The number of halogens is 1. The molecule has 1 saturated carbocycles. The van der Waals surface area contributed by atoms with Crippen LogP contribution in [0, 0.1) is 5.41 Å². The fourth-order valence-electron chi connectivity index (χ4n) is 3.77. The molecule has 2 aliphatic rings. The smallest absolute Gasteiger partial charge is 0.410 e. The van der Waals surface area contributed by atoms with Crippen molar-refractivity contribution in [2.75, 3.05) is 18.4 Å². The van der Waals surface area contributed by atoms with Crippen molar-refractivity contribution < 1.29 is 9.53 Å². The number of benzene rings is 1. The van der Waals surface area contributed by atoms with Crippen molar-refractivity contribution in [3.05, 3.63) is 28.7 Å². The van der Waals surface area contributed by atoms with Gasteiger partial charge in [-0.2, -0.15) is 0 Å². The number of anilines is 1. The Kier molecular flexibility index (Phi) is 4.82. The first-order valence-corrected chi connectivity index (χ1v) is 9.54. The molecule has 4 nitrogen and oxygen atoms in total. The Morgan fingerprint density at radius 1 is 1.21 bits per heavy atom. The van der Waals surface area contributed by atoms with Gasteiger partial charge in [-0.05, 0) is 76.1 Å². The lowest BCUT2D eigenvalue weighted by atomic mass is 9.60. The molecule has 1 N–H and O–H groups in total. The van der Waals surface area contributed by atoms with E-state index < -0.39 is 5.60 Å². The van der Waals surface area contributed by atoms with Crippen LogP contribution < -0.4 is 5.32 Å². The number of hydrogen-bond donors (Lipinski definition) is 1. The third-order valence-electron chi connectivity index (χ3n) is 5.05. The minimum Gasteiger partial charge on any atom is -0.444 e. The van der Waals surface area contributed by atoms with Gasteiger partial charge in [-0.15, -0.1) is 0 Å². The highest BCUT2D eigenvalue weighted by molar-refractivity contribution is 9.10. The lowest BCUT2D eigenvalue weighted by Crippen LogP contribution is -2.53. The van der Waals surface area contributed by atoms with Crippen molar-refractivity contribution in [2.45, 2.75) is 58.1 Å². The summed E-state index contributed by atoms with van der Waals surface area (Å²) in [4.78, 5) is 14.0. The van der Waals surface area contributed by atoms with Crippen LogP contribution >= 0.6 is 15.9 Å². The number of likely N-dealkylation sites (tertiary alicyclic amines) is 1. The van der Waals surface area contributed by atoms with Gasteiger partial charge in [-0.25, -0.2) is 4.79 Å². The first-order valence-electron chi connectivity index (χ1n) is 8.75. The van der Waals surface area contributed by atoms with Gasteiger partial charge in [0.1, 0.15) is 5.60 Å². The topological polar surface area (TPSA) is 41.6 Å². The summed E-state index contributed by atoms with van der Waals surface area (Å²) in [5, 5.41) is 3.62. The van der Waals surface area contributed by atoms with E-state index in [-0.39, 0.29) is 6.09 Å². The van der Waals surface area contributed by atoms with Gasteiger partial charge in [0, 0.05) is 29.3 Å². The summed E-state index contributed by atoms with van der Waals surface area (Å²) in [6.45, 7) is 7.39. The highest BCUT2D eigenvalue weighted by Crippen LogP contribution is 2.50. The Labute approximate surface area is 153 Å². The van der Waals surface area contributed by atoms with E-state index in [0.717, 1.165) is 30.4 Å². The Hall–Kier alpha value is -1.23. The minimum absolute atomic E-state index is 0.166.